The van der Waals surface area contributed by atoms with Crippen LogP contribution in [0.25, 0.3) is 0 Å². The normalized spacial score (nSPS) is 10.6. The lowest BCUT2D eigenvalue weighted by Gasteiger charge is -2.03. The summed E-state index contributed by atoms with van der Waals surface area (Å²) in [6.07, 6.45) is 5.37. The minimum Gasteiger partial charge on any atom is -0.356 e. The molecule has 1 amide bonds. The first-order valence-corrected chi connectivity index (χ1v) is 6.14. The molecule has 0 bridgehead atoms. The van der Waals surface area contributed by atoms with Crippen molar-refractivity contribution >= 4 is 21.8 Å². The van der Waals surface area contributed by atoms with Gasteiger partial charge in [0.2, 0.25) is 5.91 Å². The first-order chi connectivity index (χ1) is 7.72. The molecule has 16 heavy (non-hydrogen) atoms. The van der Waals surface area contributed by atoms with Crippen LogP contribution in [0.2, 0.25) is 0 Å². The second kappa shape index (κ2) is 7.23. The van der Waals surface area contributed by atoms with Gasteiger partial charge in [-0.25, -0.2) is 0 Å². The van der Waals surface area contributed by atoms with Crippen molar-refractivity contribution < 1.29 is 4.79 Å². The molecule has 1 aromatic rings. The fraction of sp³-hybridized carbons (Fsp3) is 0.308. The van der Waals surface area contributed by atoms with Crippen LogP contribution in [0.15, 0.2) is 40.9 Å². The smallest absolute Gasteiger partial charge is 0.224 e. The number of hydrogen-bond donors (Lipinski definition) is 1. The SMILES string of the molecule is C/C=C/CCNC(=O)Cc1ccc(Br)cc1. The van der Waals surface area contributed by atoms with Gasteiger partial charge in [-0.3, -0.25) is 4.79 Å². The van der Waals surface area contributed by atoms with E-state index in [-0.39, 0.29) is 5.91 Å². The Morgan fingerprint density at radius 3 is 2.69 bits per heavy atom. The zero-order valence-corrected chi connectivity index (χ0v) is 11.0. The van der Waals surface area contributed by atoms with E-state index in [4.69, 9.17) is 0 Å². The summed E-state index contributed by atoms with van der Waals surface area (Å²) in [5.41, 5.74) is 1.03. The van der Waals surface area contributed by atoms with Crippen LogP contribution in [0.5, 0.6) is 0 Å². The van der Waals surface area contributed by atoms with E-state index in [1.54, 1.807) is 0 Å². The zero-order valence-electron chi connectivity index (χ0n) is 9.37. The van der Waals surface area contributed by atoms with Crippen LogP contribution in [-0.4, -0.2) is 12.5 Å². The number of rotatable bonds is 5. The van der Waals surface area contributed by atoms with Crippen LogP contribution in [-0.2, 0) is 11.2 Å². The third kappa shape index (κ3) is 5.12. The van der Waals surface area contributed by atoms with Gasteiger partial charge in [-0.05, 0) is 31.0 Å². The Morgan fingerprint density at radius 2 is 2.06 bits per heavy atom. The molecule has 3 heteroatoms. The maximum atomic E-state index is 11.5. The van der Waals surface area contributed by atoms with E-state index in [1.807, 2.05) is 43.3 Å². The second-order valence-corrected chi connectivity index (χ2v) is 4.43. The molecule has 0 saturated carbocycles. The first kappa shape index (κ1) is 13.0. The highest BCUT2D eigenvalue weighted by atomic mass is 79.9. The van der Waals surface area contributed by atoms with E-state index in [9.17, 15) is 4.79 Å². The Morgan fingerprint density at radius 1 is 1.38 bits per heavy atom. The van der Waals surface area contributed by atoms with Gasteiger partial charge in [0.1, 0.15) is 0 Å². The van der Waals surface area contributed by atoms with Crippen LogP contribution in [0.4, 0.5) is 0 Å². The molecule has 0 aliphatic rings. The summed E-state index contributed by atoms with van der Waals surface area (Å²) in [6, 6.07) is 7.80. The highest BCUT2D eigenvalue weighted by Gasteiger charge is 2.01. The predicted molar refractivity (Wildman–Crippen MR) is 70.3 cm³/mol. The second-order valence-electron chi connectivity index (χ2n) is 3.51. The third-order valence-corrected chi connectivity index (χ3v) is 2.68. The molecule has 0 aromatic heterocycles. The van der Waals surface area contributed by atoms with Gasteiger partial charge < -0.3 is 5.32 Å². The van der Waals surface area contributed by atoms with Gasteiger partial charge >= 0.3 is 0 Å². The van der Waals surface area contributed by atoms with Crippen molar-refractivity contribution in [3.63, 3.8) is 0 Å². The number of benzene rings is 1. The van der Waals surface area contributed by atoms with Gasteiger partial charge in [-0.1, -0.05) is 40.2 Å². The molecule has 0 unspecified atom stereocenters. The van der Waals surface area contributed by atoms with E-state index in [0.29, 0.717) is 13.0 Å². The van der Waals surface area contributed by atoms with Crippen molar-refractivity contribution in [3.05, 3.63) is 46.5 Å². The molecule has 0 fully saturated rings. The molecule has 1 rings (SSSR count). The average molecular weight is 282 g/mol. The van der Waals surface area contributed by atoms with Crippen LogP contribution in [0, 0.1) is 0 Å². The average Bonchev–Trinajstić information content (AvgIpc) is 2.28. The number of hydrogen-bond acceptors (Lipinski definition) is 1. The Hall–Kier alpha value is -1.09. The maximum Gasteiger partial charge on any atom is 0.224 e. The summed E-state index contributed by atoms with van der Waals surface area (Å²) in [4.78, 5) is 11.5. The van der Waals surface area contributed by atoms with Crippen molar-refractivity contribution in [1.29, 1.82) is 0 Å². The third-order valence-electron chi connectivity index (χ3n) is 2.15. The number of nitrogens with one attached hydrogen (secondary N) is 1. The molecule has 0 aliphatic carbocycles. The Kier molecular flexibility index (Phi) is 5.86. The molecule has 0 spiro atoms. The largest absolute Gasteiger partial charge is 0.356 e. The Bertz CT molecular complexity index is 357. The van der Waals surface area contributed by atoms with Gasteiger partial charge in [0.05, 0.1) is 6.42 Å². The molecular weight excluding hydrogens is 266 g/mol. The lowest BCUT2D eigenvalue weighted by Crippen LogP contribution is -2.25. The van der Waals surface area contributed by atoms with Crippen molar-refractivity contribution in [1.82, 2.24) is 5.32 Å². The highest BCUT2D eigenvalue weighted by Crippen LogP contribution is 2.10. The van der Waals surface area contributed by atoms with Crippen LogP contribution >= 0.6 is 15.9 Å². The number of carbonyl (C=O) groups excluding carboxylic acids is 1. The van der Waals surface area contributed by atoms with Crippen LogP contribution < -0.4 is 5.32 Å². The first-order valence-electron chi connectivity index (χ1n) is 5.34. The molecule has 86 valence electrons. The van der Waals surface area contributed by atoms with Crippen LogP contribution in [0.3, 0.4) is 0 Å². The van der Waals surface area contributed by atoms with Gasteiger partial charge in [-0.15, -0.1) is 0 Å². The number of halogens is 1. The quantitative estimate of drug-likeness (QED) is 0.652. The van der Waals surface area contributed by atoms with Gasteiger partial charge in [0, 0.05) is 11.0 Å². The molecule has 0 heterocycles. The fourth-order valence-electron chi connectivity index (χ4n) is 1.31. The van der Waals surface area contributed by atoms with E-state index in [2.05, 4.69) is 21.2 Å². The van der Waals surface area contributed by atoms with E-state index in [1.165, 1.54) is 0 Å². The van der Waals surface area contributed by atoms with Gasteiger partial charge in [0.25, 0.3) is 0 Å². The van der Waals surface area contributed by atoms with Crippen LogP contribution in [0.1, 0.15) is 18.9 Å². The Labute approximate surface area is 105 Å². The minimum atomic E-state index is 0.0758. The molecule has 0 radical (unpaired) electrons. The van der Waals surface area contributed by atoms with Crippen molar-refractivity contribution in [2.24, 2.45) is 0 Å². The summed E-state index contributed by atoms with van der Waals surface area (Å²) in [7, 11) is 0. The molecule has 0 saturated heterocycles. The molecule has 0 aliphatic heterocycles. The maximum absolute atomic E-state index is 11.5. The number of carbonyl (C=O) groups is 1. The topological polar surface area (TPSA) is 29.1 Å². The van der Waals surface area contributed by atoms with E-state index >= 15 is 0 Å². The molecule has 1 aromatic carbocycles. The van der Waals surface area contributed by atoms with E-state index in [0.717, 1.165) is 16.5 Å². The molecule has 0 atom stereocenters. The highest BCUT2D eigenvalue weighted by molar-refractivity contribution is 9.10. The zero-order chi connectivity index (χ0) is 11.8. The standard InChI is InChI=1S/C13H16BrNO/c1-2-3-4-9-15-13(16)10-11-5-7-12(14)8-6-11/h2-3,5-8H,4,9-10H2,1H3,(H,15,16)/b3-2+. The van der Waals surface area contributed by atoms with E-state index < -0.39 is 0 Å². The number of amides is 1. The van der Waals surface area contributed by atoms with Gasteiger partial charge in [-0.2, -0.15) is 0 Å². The molecule has 1 N–H and O–H groups in total. The molecular formula is C13H16BrNO. The summed E-state index contributed by atoms with van der Waals surface area (Å²) in [6.45, 7) is 2.68. The number of allylic oxidation sites excluding steroid dienone is 1. The summed E-state index contributed by atoms with van der Waals surface area (Å²) < 4.78 is 1.03. The molecule has 2 nitrogen and oxygen atoms in total. The van der Waals surface area contributed by atoms with Gasteiger partial charge in [0.15, 0.2) is 0 Å². The van der Waals surface area contributed by atoms with Crippen molar-refractivity contribution in [2.75, 3.05) is 6.54 Å². The Balaban J connectivity index is 2.31. The summed E-state index contributed by atoms with van der Waals surface area (Å²) in [5, 5.41) is 2.88. The lowest BCUT2D eigenvalue weighted by atomic mass is 10.1. The van der Waals surface area contributed by atoms with Crippen molar-refractivity contribution in [2.45, 2.75) is 19.8 Å². The summed E-state index contributed by atoms with van der Waals surface area (Å²) >= 11 is 3.36. The lowest BCUT2D eigenvalue weighted by molar-refractivity contribution is -0.120. The fourth-order valence-corrected chi connectivity index (χ4v) is 1.58. The van der Waals surface area contributed by atoms with Crippen molar-refractivity contribution in [3.8, 4) is 0 Å². The monoisotopic (exact) mass is 281 g/mol. The predicted octanol–water partition coefficient (Wildman–Crippen LogP) is 3.07. The summed E-state index contributed by atoms with van der Waals surface area (Å²) in [5.74, 6) is 0.0758. The minimum absolute atomic E-state index is 0.0758.